The van der Waals surface area contributed by atoms with Crippen LogP contribution in [-0.2, 0) is 10.5 Å². The number of aliphatic hydroxyl groups is 1. The number of carbonyl (C=O) groups is 1. The molecule has 116 valence electrons. The lowest BCUT2D eigenvalue weighted by molar-refractivity contribution is -0.132. The molecule has 4 nitrogen and oxygen atoms in total. The molecular formula is C16H24N2O2S. The topological polar surface area (TPSA) is 43.8 Å². The van der Waals surface area contributed by atoms with Crippen LogP contribution in [-0.4, -0.2) is 65.4 Å². The molecule has 0 bridgehead atoms. The number of carbonyl (C=O) groups excluding carboxylic acids is 1. The third-order valence-electron chi connectivity index (χ3n) is 3.79. The predicted molar refractivity (Wildman–Crippen MR) is 87.3 cm³/mol. The second kappa shape index (κ2) is 8.41. The van der Waals surface area contributed by atoms with Crippen LogP contribution in [0.5, 0.6) is 0 Å². The number of thioether (sulfide) groups is 1. The fraction of sp³-hybridized carbons (Fsp3) is 0.562. The van der Waals surface area contributed by atoms with E-state index >= 15 is 0 Å². The van der Waals surface area contributed by atoms with Crippen molar-refractivity contribution in [2.75, 3.05) is 39.3 Å². The van der Waals surface area contributed by atoms with Crippen LogP contribution in [0.2, 0.25) is 0 Å². The number of benzene rings is 1. The summed E-state index contributed by atoms with van der Waals surface area (Å²) >= 11 is 1.70. The van der Waals surface area contributed by atoms with E-state index in [9.17, 15) is 4.79 Å². The summed E-state index contributed by atoms with van der Waals surface area (Å²) < 4.78 is 0. The number of amides is 1. The van der Waals surface area contributed by atoms with Crippen LogP contribution < -0.4 is 0 Å². The molecule has 21 heavy (non-hydrogen) atoms. The van der Waals surface area contributed by atoms with Crippen LogP contribution in [0.4, 0.5) is 0 Å². The van der Waals surface area contributed by atoms with E-state index in [0.29, 0.717) is 6.54 Å². The zero-order valence-electron chi connectivity index (χ0n) is 12.6. The molecule has 1 saturated heterocycles. The fourth-order valence-electron chi connectivity index (χ4n) is 2.46. The van der Waals surface area contributed by atoms with Gasteiger partial charge in [0, 0.05) is 38.5 Å². The Balaban J connectivity index is 1.75. The molecule has 1 aliphatic rings. The van der Waals surface area contributed by atoms with E-state index in [0.717, 1.165) is 31.9 Å². The van der Waals surface area contributed by atoms with Crippen molar-refractivity contribution in [2.45, 2.75) is 17.9 Å². The Morgan fingerprint density at radius 3 is 2.52 bits per heavy atom. The van der Waals surface area contributed by atoms with Crippen molar-refractivity contribution in [1.82, 2.24) is 9.80 Å². The van der Waals surface area contributed by atoms with E-state index < -0.39 is 0 Å². The van der Waals surface area contributed by atoms with E-state index in [1.807, 2.05) is 30.0 Å². The van der Waals surface area contributed by atoms with Gasteiger partial charge in [0.05, 0.1) is 11.9 Å². The molecule has 0 saturated carbocycles. The van der Waals surface area contributed by atoms with Crippen LogP contribution >= 0.6 is 11.8 Å². The molecule has 1 amide bonds. The van der Waals surface area contributed by atoms with Crippen molar-refractivity contribution in [2.24, 2.45) is 0 Å². The monoisotopic (exact) mass is 308 g/mol. The molecule has 0 spiro atoms. The summed E-state index contributed by atoms with van der Waals surface area (Å²) in [6.45, 7) is 6.17. The van der Waals surface area contributed by atoms with Gasteiger partial charge in [-0.05, 0) is 12.5 Å². The molecular weight excluding hydrogens is 284 g/mol. The summed E-state index contributed by atoms with van der Waals surface area (Å²) in [5.41, 5.74) is 1.26. The van der Waals surface area contributed by atoms with Crippen LogP contribution in [0, 0.1) is 0 Å². The van der Waals surface area contributed by atoms with Crippen LogP contribution in [0.25, 0.3) is 0 Å². The Hall–Kier alpha value is -1.04. The van der Waals surface area contributed by atoms with Crippen LogP contribution in [0.1, 0.15) is 12.5 Å². The summed E-state index contributed by atoms with van der Waals surface area (Å²) in [6.07, 6.45) is 0. The first kappa shape index (κ1) is 16.3. The fourth-order valence-corrected chi connectivity index (χ4v) is 3.38. The Morgan fingerprint density at radius 2 is 1.90 bits per heavy atom. The Labute approximate surface area is 131 Å². The van der Waals surface area contributed by atoms with Gasteiger partial charge in [0.25, 0.3) is 0 Å². The maximum Gasteiger partial charge on any atom is 0.235 e. The minimum absolute atomic E-state index is 0.00500. The van der Waals surface area contributed by atoms with Crippen LogP contribution in [0.3, 0.4) is 0 Å². The first-order valence-electron chi connectivity index (χ1n) is 7.48. The molecule has 1 N–H and O–H groups in total. The quantitative estimate of drug-likeness (QED) is 0.864. The summed E-state index contributed by atoms with van der Waals surface area (Å²) in [4.78, 5) is 16.6. The molecule has 1 fully saturated rings. The molecule has 2 rings (SSSR count). The molecule has 1 unspecified atom stereocenters. The summed E-state index contributed by atoms with van der Waals surface area (Å²) in [5, 5.41) is 8.93. The average molecular weight is 308 g/mol. The molecule has 1 aromatic carbocycles. The standard InChI is InChI=1S/C16H24N2O2S/c1-14(21-13-15-5-3-2-4-6-15)16(20)18-9-7-17(8-10-18)11-12-19/h2-6,14,19H,7-13H2,1H3. The molecule has 0 aliphatic carbocycles. The van der Waals surface area contributed by atoms with E-state index in [-0.39, 0.29) is 17.8 Å². The third kappa shape index (κ3) is 5.02. The lowest BCUT2D eigenvalue weighted by Crippen LogP contribution is -2.51. The molecule has 0 radical (unpaired) electrons. The summed E-state index contributed by atoms with van der Waals surface area (Å²) in [5.74, 6) is 1.11. The maximum atomic E-state index is 12.4. The van der Waals surface area contributed by atoms with Crippen molar-refractivity contribution >= 4 is 17.7 Å². The minimum atomic E-state index is -0.00500. The van der Waals surface area contributed by atoms with Gasteiger partial charge >= 0.3 is 0 Å². The second-order valence-corrected chi connectivity index (χ2v) is 6.66. The number of nitrogens with zero attached hydrogens (tertiary/aromatic N) is 2. The lowest BCUT2D eigenvalue weighted by atomic mass is 10.2. The van der Waals surface area contributed by atoms with Gasteiger partial charge in [-0.2, -0.15) is 0 Å². The number of hydrogen-bond acceptors (Lipinski definition) is 4. The Bertz CT molecular complexity index is 433. The van der Waals surface area contributed by atoms with Gasteiger partial charge in [0.2, 0.25) is 5.91 Å². The minimum Gasteiger partial charge on any atom is -0.395 e. The van der Waals surface area contributed by atoms with E-state index in [1.165, 1.54) is 5.56 Å². The molecule has 1 atom stereocenters. The van der Waals surface area contributed by atoms with Gasteiger partial charge in [-0.25, -0.2) is 0 Å². The highest BCUT2D eigenvalue weighted by molar-refractivity contribution is 7.99. The predicted octanol–water partition coefficient (Wildman–Crippen LogP) is 1.44. The molecule has 1 aromatic rings. The SMILES string of the molecule is CC(SCc1ccccc1)C(=O)N1CCN(CCO)CC1. The van der Waals surface area contributed by atoms with Gasteiger partial charge in [-0.3, -0.25) is 9.69 Å². The number of β-amino-alcohol motifs (C(OH)–C–C–N with tert-alkyl or cyclic N) is 1. The largest absolute Gasteiger partial charge is 0.395 e. The highest BCUT2D eigenvalue weighted by Gasteiger charge is 2.24. The highest BCUT2D eigenvalue weighted by atomic mass is 32.2. The van der Waals surface area contributed by atoms with Gasteiger partial charge < -0.3 is 10.0 Å². The molecule has 0 aromatic heterocycles. The first-order valence-corrected chi connectivity index (χ1v) is 8.53. The smallest absolute Gasteiger partial charge is 0.235 e. The van der Waals surface area contributed by atoms with Gasteiger partial charge in [-0.1, -0.05) is 30.3 Å². The maximum absolute atomic E-state index is 12.4. The summed E-state index contributed by atoms with van der Waals surface area (Å²) in [6, 6.07) is 10.3. The van der Waals surface area contributed by atoms with Gasteiger partial charge in [-0.15, -0.1) is 11.8 Å². The number of aliphatic hydroxyl groups excluding tert-OH is 1. The van der Waals surface area contributed by atoms with E-state index in [1.54, 1.807) is 11.8 Å². The summed E-state index contributed by atoms with van der Waals surface area (Å²) in [7, 11) is 0. The zero-order chi connectivity index (χ0) is 15.1. The van der Waals surface area contributed by atoms with Crippen molar-refractivity contribution in [3.05, 3.63) is 35.9 Å². The van der Waals surface area contributed by atoms with Crippen molar-refractivity contribution < 1.29 is 9.90 Å². The normalized spacial score (nSPS) is 17.7. The van der Waals surface area contributed by atoms with Gasteiger partial charge in [0.1, 0.15) is 0 Å². The third-order valence-corrected chi connectivity index (χ3v) is 4.99. The van der Waals surface area contributed by atoms with Crippen molar-refractivity contribution in [3.8, 4) is 0 Å². The number of hydrogen-bond donors (Lipinski definition) is 1. The average Bonchev–Trinajstić information content (AvgIpc) is 2.54. The molecule has 1 aliphatic heterocycles. The van der Waals surface area contributed by atoms with Crippen molar-refractivity contribution in [1.29, 1.82) is 0 Å². The number of rotatable bonds is 6. The second-order valence-electron chi connectivity index (χ2n) is 5.33. The number of piperazine rings is 1. The zero-order valence-corrected chi connectivity index (χ0v) is 13.4. The van der Waals surface area contributed by atoms with Crippen LogP contribution in [0.15, 0.2) is 30.3 Å². The first-order chi connectivity index (χ1) is 10.2. The van der Waals surface area contributed by atoms with Crippen molar-refractivity contribution in [3.63, 3.8) is 0 Å². The Morgan fingerprint density at radius 1 is 1.24 bits per heavy atom. The van der Waals surface area contributed by atoms with Gasteiger partial charge in [0.15, 0.2) is 0 Å². The van der Waals surface area contributed by atoms with E-state index in [2.05, 4.69) is 17.0 Å². The lowest BCUT2D eigenvalue weighted by Gasteiger charge is -2.35. The molecule has 5 heteroatoms. The van der Waals surface area contributed by atoms with E-state index in [4.69, 9.17) is 5.11 Å². The molecule has 1 heterocycles. The highest BCUT2D eigenvalue weighted by Crippen LogP contribution is 2.20. The Kier molecular flexibility index (Phi) is 6.54.